The molecule has 4 nitrogen and oxygen atoms in total. The van der Waals surface area contributed by atoms with Crippen LogP contribution < -0.4 is 0 Å². The highest BCUT2D eigenvalue weighted by molar-refractivity contribution is 5.75. The van der Waals surface area contributed by atoms with E-state index in [0.29, 0.717) is 6.61 Å². The van der Waals surface area contributed by atoms with Crippen LogP contribution in [0.2, 0.25) is 0 Å². The molecule has 0 spiro atoms. The van der Waals surface area contributed by atoms with Crippen LogP contribution >= 0.6 is 0 Å². The molecule has 0 N–H and O–H groups in total. The second-order valence-electron chi connectivity index (χ2n) is 8.89. The fraction of sp³-hybridized carbons (Fsp3) is 0.917. The van der Waals surface area contributed by atoms with Gasteiger partial charge < -0.3 is 9.47 Å². The van der Waals surface area contributed by atoms with E-state index in [1.807, 2.05) is 0 Å². The lowest BCUT2D eigenvalue weighted by Crippen LogP contribution is -2.31. The fourth-order valence-electron chi connectivity index (χ4n) is 4.53. The third-order valence-corrected chi connectivity index (χ3v) is 6.47. The van der Waals surface area contributed by atoms with Crippen LogP contribution in [0.4, 0.5) is 0 Å². The smallest absolute Gasteiger partial charge is 0.309 e. The Labute approximate surface area is 172 Å². The number of ether oxygens (including phenoxy) is 2. The van der Waals surface area contributed by atoms with E-state index < -0.39 is 0 Å². The summed E-state index contributed by atoms with van der Waals surface area (Å²) in [7, 11) is 0. The van der Waals surface area contributed by atoms with E-state index >= 15 is 0 Å². The second kappa shape index (κ2) is 14.0. The molecular formula is C24H42O4. The highest BCUT2D eigenvalue weighted by atomic mass is 16.5. The van der Waals surface area contributed by atoms with Crippen LogP contribution in [0, 0.1) is 11.8 Å². The number of hydrogen-bond acceptors (Lipinski definition) is 4. The van der Waals surface area contributed by atoms with Crippen molar-refractivity contribution >= 4 is 11.9 Å². The molecule has 0 amide bonds. The first-order chi connectivity index (χ1) is 13.7. The molecule has 0 aromatic rings. The first-order valence-electron chi connectivity index (χ1n) is 12.1. The first-order valence-corrected chi connectivity index (χ1v) is 12.1. The SMILES string of the molecule is CCCCCCCCCCOC(=O)C1CCC(C(=O)OC2CCCCC2)CC1. The summed E-state index contributed by atoms with van der Waals surface area (Å²) in [5.41, 5.74) is 0. The molecular weight excluding hydrogens is 352 g/mol. The van der Waals surface area contributed by atoms with E-state index in [1.165, 1.54) is 57.8 Å². The number of unbranched alkanes of at least 4 members (excludes halogenated alkanes) is 7. The number of esters is 2. The Hall–Kier alpha value is -1.06. The van der Waals surface area contributed by atoms with Crippen LogP contribution in [0.3, 0.4) is 0 Å². The zero-order chi connectivity index (χ0) is 20.0. The van der Waals surface area contributed by atoms with E-state index in [1.54, 1.807) is 0 Å². The van der Waals surface area contributed by atoms with Crippen LogP contribution in [0.5, 0.6) is 0 Å². The first kappa shape index (κ1) is 23.2. The Balaban J connectivity index is 1.50. The zero-order valence-corrected chi connectivity index (χ0v) is 18.1. The second-order valence-corrected chi connectivity index (χ2v) is 8.89. The van der Waals surface area contributed by atoms with Gasteiger partial charge in [0, 0.05) is 0 Å². The minimum Gasteiger partial charge on any atom is -0.465 e. The molecule has 0 saturated heterocycles. The molecule has 0 atom stereocenters. The van der Waals surface area contributed by atoms with Crippen molar-refractivity contribution < 1.29 is 19.1 Å². The van der Waals surface area contributed by atoms with Crippen LogP contribution in [0.1, 0.15) is 116 Å². The van der Waals surface area contributed by atoms with Crippen molar-refractivity contribution in [1.29, 1.82) is 0 Å². The summed E-state index contributed by atoms with van der Waals surface area (Å²) in [5.74, 6) is -0.119. The number of rotatable bonds is 12. The van der Waals surface area contributed by atoms with Crippen molar-refractivity contribution in [2.24, 2.45) is 11.8 Å². The molecule has 0 bridgehead atoms. The van der Waals surface area contributed by atoms with Gasteiger partial charge in [0.1, 0.15) is 6.10 Å². The average molecular weight is 395 g/mol. The van der Waals surface area contributed by atoms with Crippen molar-refractivity contribution in [3.63, 3.8) is 0 Å². The highest BCUT2D eigenvalue weighted by Gasteiger charge is 2.32. The molecule has 2 saturated carbocycles. The monoisotopic (exact) mass is 394 g/mol. The quantitative estimate of drug-likeness (QED) is 0.286. The van der Waals surface area contributed by atoms with Gasteiger partial charge in [-0.2, -0.15) is 0 Å². The Bertz CT molecular complexity index is 434. The maximum absolute atomic E-state index is 12.4. The van der Waals surface area contributed by atoms with Crippen LogP contribution in [-0.2, 0) is 19.1 Å². The van der Waals surface area contributed by atoms with E-state index in [-0.39, 0.29) is 29.9 Å². The molecule has 0 aromatic carbocycles. The Kier molecular flexibility index (Phi) is 11.6. The summed E-state index contributed by atoms with van der Waals surface area (Å²) in [4.78, 5) is 24.6. The molecule has 0 aliphatic heterocycles. The van der Waals surface area contributed by atoms with E-state index in [4.69, 9.17) is 9.47 Å². The van der Waals surface area contributed by atoms with Gasteiger partial charge in [-0.25, -0.2) is 0 Å². The van der Waals surface area contributed by atoms with Gasteiger partial charge in [-0.1, -0.05) is 58.3 Å². The topological polar surface area (TPSA) is 52.6 Å². The van der Waals surface area contributed by atoms with Crippen molar-refractivity contribution in [3.05, 3.63) is 0 Å². The lowest BCUT2D eigenvalue weighted by atomic mass is 9.82. The molecule has 0 radical (unpaired) electrons. The molecule has 0 aromatic heterocycles. The highest BCUT2D eigenvalue weighted by Crippen LogP contribution is 2.31. The summed E-state index contributed by atoms with van der Waals surface area (Å²) in [5, 5.41) is 0. The number of hydrogen-bond donors (Lipinski definition) is 0. The van der Waals surface area contributed by atoms with Gasteiger partial charge in [0.15, 0.2) is 0 Å². The maximum atomic E-state index is 12.4. The molecule has 28 heavy (non-hydrogen) atoms. The molecule has 2 rings (SSSR count). The minimum atomic E-state index is -0.0537. The van der Waals surface area contributed by atoms with Crippen LogP contribution in [0.15, 0.2) is 0 Å². The van der Waals surface area contributed by atoms with Crippen molar-refractivity contribution in [2.45, 2.75) is 122 Å². The lowest BCUT2D eigenvalue weighted by Gasteiger charge is -2.28. The zero-order valence-electron chi connectivity index (χ0n) is 18.1. The Morgan fingerprint density at radius 3 is 1.82 bits per heavy atom. The van der Waals surface area contributed by atoms with E-state index in [9.17, 15) is 9.59 Å². The Morgan fingerprint density at radius 1 is 0.679 bits per heavy atom. The van der Waals surface area contributed by atoms with Crippen LogP contribution in [0.25, 0.3) is 0 Å². The molecule has 2 aliphatic carbocycles. The van der Waals surface area contributed by atoms with Gasteiger partial charge in [-0.15, -0.1) is 0 Å². The van der Waals surface area contributed by atoms with Crippen molar-refractivity contribution in [3.8, 4) is 0 Å². The third kappa shape index (κ3) is 8.96. The predicted octanol–water partition coefficient (Wildman–Crippen LogP) is 6.35. The van der Waals surface area contributed by atoms with Crippen LogP contribution in [-0.4, -0.2) is 24.6 Å². The summed E-state index contributed by atoms with van der Waals surface area (Å²) in [6, 6.07) is 0. The normalized spacial score (nSPS) is 23.3. The summed E-state index contributed by atoms with van der Waals surface area (Å²) < 4.78 is 11.2. The molecule has 4 heteroatoms. The van der Waals surface area contributed by atoms with E-state index in [0.717, 1.165) is 51.4 Å². The summed E-state index contributed by atoms with van der Waals surface area (Å²) >= 11 is 0. The van der Waals surface area contributed by atoms with Gasteiger partial charge in [0.2, 0.25) is 0 Å². The molecule has 0 heterocycles. The van der Waals surface area contributed by atoms with Gasteiger partial charge >= 0.3 is 11.9 Å². The molecule has 2 fully saturated rings. The van der Waals surface area contributed by atoms with Gasteiger partial charge in [0.05, 0.1) is 18.4 Å². The molecule has 0 unspecified atom stereocenters. The Morgan fingerprint density at radius 2 is 1.21 bits per heavy atom. The molecule has 2 aliphatic rings. The number of carbonyl (C=O) groups excluding carboxylic acids is 2. The van der Waals surface area contributed by atoms with Crippen molar-refractivity contribution in [1.82, 2.24) is 0 Å². The standard InChI is InChI=1S/C24H42O4/c1-2-3-4-5-6-7-8-12-19-27-23(25)20-15-17-21(18-16-20)24(26)28-22-13-10-9-11-14-22/h20-22H,2-19H2,1H3. The van der Waals surface area contributed by atoms with Gasteiger partial charge in [0.25, 0.3) is 0 Å². The van der Waals surface area contributed by atoms with Crippen molar-refractivity contribution in [2.75, 3.05) is 6.61 Å². The maximum Gasteiger partial charge on any atom is 0.309 e. The largest absolute Gasteiger partial charge is 0.465 e. The van der Waals surface area contributed by atoms with Gasteiger partial charge in [-0.3, -0.25) is 9.59 Å². The third-order valence-electron chi connectivity index (χ3n) is 6.47. The lowest BCUT2D eigenvalue weighted by molar-refractivity contribution is -0.159. The minimum absolute atomic E-state index is 0.0151. The van der Waals surface area contributed by atoms with Gasteiger partial charge in [-0.05, 0) is 57.8 Å². The summed E-state index contributed by atoms with van der Waals surface area (Å²) in [6.45, 7) is 2.79. The average Bonchev–Trinajstić information content (AvgIpc) is 2.73. The molecule has 162 valence electrons. The van der Waals surface area contributed by atoms with E-state index in [2.05, 4.69) is 6.92 Å². The summed E-state index contributed by atoms with van der Waals surface area (Å²) in [6.07, 6.45) is 18.8. The number of carbonyl (C=O) groups is 2. The fourth-order valence-corrected chi connectivity index (χ4v) is 4.53. The predicted molar refractivity (Wildman–Crippen MR) is 112 cm³/mol.